The number of thiol groups is 1. The van der Waals surface area contributed by atoms with Gasteiger partial charge in [0.05, 0.1) is 17.6 Å². The van der Waals surface area contributed by atoms with Crippen LogP contribution in [0.15, 0.2) is 41.6 Å². The van der Waals surface area contributed by atoms with E-state index < -0.39 is 5.97 Å². The van der Waals surface area contributed by atoms with Crippen LogP contribution in [-0.2, 0) is 4.79 Å². The van der Waals surface area contributed by atoms with Crippen molar-refractivity contribution in [3.63, 3.8) is 0 Å². The van der Waals surface area contributed by atoms with E-state index in [-0.39, 0.29) is 18.6 Å². The molecule has 1 heterocycles. The van der Waals surface area contributed by atoms with Crippen molar-refractivity contribution in [2.45, 2.75) is 52.2 Å². The fraction of sp³-hybridized carbons (Fsp3) is 0.474. The molecule has 1 aromatic rings. The molecule has 0 bridgehead atoms. The first-order valence-electron chi connectivity index (χ1n) is 9.11. The van der Waals surface area contributed by atoms with Crippen LogP contribution in [0, 0.1) is 0 Å². The molecule has 0 aromatic carbocycles. The first kappa shape index (κ1) is 25.0. The Kier molecular flexibility index (Phi) is 13.9. The quantitative estimate of drug-likeness (QED) is 0.251. The van der Waals surface area contributed by atoms with Crippen molar-refractivity contribution in [3.05, 3.63) is 47.3 Å². The zero-order chi connectivity index (χ0) is 20.7. The van der Waals surface area contributed by atoms with Gasteiger partial charge in [0.15, 0.2) is 0 Å². The predicted octanol–water partition coefficient (Wildman–Crippen LogP) is 2.29. The number of aliphatic carboxylic acids is 1. The standard InChI is InChI=1S/C17H27N5O2S.C2H6/c1-12(11-15(19)21-10-4-8-18)22-17(13-5-2-3-9-20-13)14(25)6-7-16(23)24;1-2/h2-5,8-9,12,15,21-22,25H,6-7,10-11,18-19H2,1H3,(H,23,24);1-2H3/b8-4-,17-14-;. The lowest BCUT2D eigenvalue weighted by Crippen LogP contribution is -2.42. The second kappa shape index (κ2) is 15.1. The lowest BCUT2D eigenvalue weighted by atomic mass is 10.1. The highest BCUT2D eigenvalue weighted by Gasteiger charge is 2.14. The number of carboxylic acids is 1. The van der Waals surface area contributed by atoms with Crippen molar-refractivity contribution in [2.24, 2.45) is 11.5 Å². The number of allylic oxidation sites excluding steroid dienone is 1. The summed E-state index contributed by atoms with van der Waals surface area (Å²) in [5.41, 5.74) is 12.8. The number of pyridine rings is 1. The normalized spacial score (nSPS) is 14.0. The molecule has 2 atom stereocenters. The molecule has 0 saturated heterocycles. The third-order valence-electron chi connectivity index (χ3n) is 3.42. The number of hydrogen-bond acceptors (Lipinski definition) is 7. The first-order valence-corrected chi connectivity index (χ1v) is 9.56. The summed E-state index contributed by atoms with van der Waals surface area (Å²) in [5.74, 6) is -0.862. The minimum absolute atomic E-state index is 0.0116. The number of nitrogens with one attached hydrogen (secondary N) is 2. The molecule has 27 heavy (non-hydrogen) atoms. The lowest BCUT2D eigenvalue weighted by Gasteiger charge is -2.23. The monoisotopic (exact) mass is 395 g/mol. The fourth-order valence-corrected chi connectivity index (χ4v) is 2.51. The van der Waals surface area contributed by atoms with Gasteiger partial charge >= 0.3 is 5.97 Å². The Bertz CT molecular complexity index is 593. The highest BCUT2D eigenvalue weighted by Crippen LogP contribution is 2.22. The van der Waals surface area contributed by atoms with Crippen LogP contribution in [0.25, 0.3) is 5.70 Å². The van der Waals surface area contributed by atoms with Gasteiger partial charge in [-0.2, -0.15) is 0 Å². The van der Waals surface area contributed by atoms with Gasteiger partial charge in [-0.1, -0.05) is 26.0 Å². The van der Waals surface area contributed by atoms with Crippen molar-refractivity contribution in [3.8, 4) is 0 Å². The molecule has 0 spiro atoms. The smallest absolute Gasteiger partial charge is 0.303 e. The summed E-state index contributed by atoms with van der Waals surface area (Å²) in [6, 6.07) is 5.59. The SMILES string of the molecule is CC.CC(CC(N)NC/C=C\N)N/C(=C(\S)CCC(=O)O)c1ccccn1. The topological polar surface area (TPSA) is 126 Å². The van der Waals surface area contributed by atoms with E-state index in [0.717, 1.165) is 11.4 Å². The number of rotatable bonds is 11. The first-order chi connectivity index (χ1) is 12.9. The van der Waals surface area contributed by atoms with Crippen LogP contribution < -0.4 is 22.1 Å². The third-order valence-corrected chi connectivity index (χ3v) is 3.86. The zero-order valence-corrected chi connectivity index (χ0v) is 17.2. The maximum absolute atomic E-state index is 10.8. The molecule has 0 radical (unpaired) electrons. The van der Waals surface area contributed by atoms with Gasteiger partial charge in [-0.25, -0.2) is 0 Å². The van der Waals surface area contributed by atoms with Gasteiger partial charge in [0.1, 0.15) is 0 Å². The Balaban J connectivity index is 0.00000326. The van der Waals surface area contributed by atoms with Crippen molar-refractivity contribution < 1.29 is 9.90 Å². The van der Waals surface area contributed by atoms with Crippen LogP contribution >= 0.6 is 12.6 Å². The third kappa shape index (κ3) is 11.3. The molecule has 8 heteroatoms. The molecular weight excluding hydrogens is 362 g/mol. The Labute approximate surface area is 167 Å². The van der Waals surface area contributed by atoms with E-state index in [9.17, 15) is 4.79 Å². The molecule has 0 aliphatic rings. The summed E-state index contributed by atoms with van der Waals surface area (Å²) in [5, 5.41) is 15.4. The van der Waals surface area contributed by atoms with E-state index in [0.29, 0.717) is 24.3 Å². The molecule has 0 aliphatic carbocycles. The number of carboxylic acid groups (broad SMARTS) is 1. The fourth-order valence-electron chi connectivity index (χ4n) is 2.22. The minimum Gasteiger partial charge on any atom is -0.481 e. The van der Waals surface area contributed by atoms with Crippen LogP contribution in [0.5, 0.6) is 0 Å². The van der Waals surface area contributed by atoms with Crippen molar-refractivity contribution in [1.82, 2.24) is 15.6 Å². The van der Waals surface area contributed by atoms with Gasteiger partial charge in [-0.15, -0.1) is 12.6 Å². The summed E-state index contributed by atoms with van der Waals surface area (Å²) >= 11 is 4.49. The van der Waals surface area contributed by atoms with Crippen molar-refractivity contribution >= 4 is 24.3 Å². The molecular formula is C19H33N5O2S. The van der Waals surface area contributed by atoms with Crippen LogP contribution in [0.1, 0.15) is 45.7 Å². The van der Waals surface area contributed by atoms with E-state index in [1.165, 1.54) is 6.20 Å². The van der Waals surface area contributed by atoms with Crippen LogP contribution in [0.3, 0.4) is 0 Å². The maximum Gasteiger partial charge on any atom is 0.303 e. The molecule has 1 rings (SSSR count). The van der Waals surface area contributed by atoms with E-state index >= 15 is 0 Å². The van der Waals surface area contributed by atoms with Crippen LogP contribution in [0.4, 0.5) is 0 Å². The Morgan fingerprint density at radius 1 is 1.37 bits per heavy atom. The second-order valence-electron chi connectivity index (χ2n) is 5.65. The summed E-state index contributed by atoms with van der Waals surface area (Å²) in [6.45, 7) is 6.60. The molecule has 2 unspecified atom stereocenters. The predicted molar refractivity (Wildman–Crippen MR) is 115 cm³/mol. The molecule has 7 nitrogen and oxygen atoms in total. The number of hydrogen-bond donors (Lipinski definition) is 6. The Morgan fingerprint density at radius 2 is 2.07 bits per heavy atom. The Hall–Kier alpha value is -2.03. The van der Waals surface area contributed by atoms with E-state index in [2.05, 4.69) is 28.2 Å². The van der Waals surface area contributed by atoms with Gasteiger partial charge in [-0.3, -0.25) is 15.1 Å². The minimum atomic E-state index is -0.862. The molecule has 152 valence electrons. The highest BCUT2D eigenvalue weighted by atomic mass is 32.1. The van der Waals surface area contributed by atoms with Crippen molar-refractivity contribution in [1.29, 1.82) is 0 Å². The summed E-state index contributed by atoms with van der Waals surface area (Å²) in [4.78, 5) is 15.8. The lowest BCUT2D eigenvalue weighted by molar-refractivity contribution is -0.136. The van der Waals surface area contributed by atoms with Gasteiger partial charge in [-0.05, 0) is 38.1 Å². The summed E-state index contributed by atoms with van der Waals surface area (Å²) in [7, 11) is 0. The van der Waals surface area contributed by atoms with Gasteiger partial charge in [0.25, 0.3) is 0 Å². The van der Waals surface area contributed by atoms with E-state index in [1.807, 2.05) is 39.0 Å². The molecule has 0 aliphatic heterocycles. The largest absolute Gasteiger partial charge is 0.481 e. The van der Waals surface area contributed by atoms with Crippen LogP contribution in [-0.4, -0.2) is 34.8 Å². The average Bonchev–Trinajstić information content (AvgIpc) is 2.66. The molecule has 0 fully saturated rings. The van der Waals surface area contributed by atoms with Gasteiger partial charge in [0.2, 0.25) is 0 Å². The highest BCUT2D eigenvalue weighted by molar-refractivity contribution is 7.84. The molecule has 0 saturated carbocycles. The maximum atomic E-state index is 10.8. The number of nitrogens with zero attached hydrogens (tertiary/aromatic N) is 1. The number of carbonyl (C=O) groups is 1. The summed E-state index contributed by atoms with van der Waals surface area (Å²) in [6.07, 6.45) is 5.74. The molecule has 7 N–H and O–H groups in total. The van der Waals surface area contributed by atoms with Crippen molar-refractivity contribution in [2.75, 3.05) is 6.54 Å². The number of aromatic nitrogens is 1. The van der Waals surface area contributed by atoms with Crippen LogP contribution in [0.2, 0.25) is 0 Å². The van der Waals surface area contributed by atoms with Gasteiger partial charge in [0, 0.05) is 30.1 Å². The zero-order valence-electron chi connectivity index (χ0n) is 16.4. The van der Waals surface area contributed by atoms with E-state index in [1.54, 1.807) is 12.3 Å². The molecule has 1 aromatic heterocycles. The summed E-state index contributed by atoms with van der Waals surface area (Å²) < 4.78 is 0. The second-order valence-corrected chi connectivity index (χ2v) is 6.19. The Morgan fingerprint density at radius 3 is 2.63 bits per heavy atom. The average molecular weight is 396 g/mol. The molecule has 0 amide bonds. The van der Waals surface area contributed by atoms with E-state index in [4.69, 9.17) is 16.6 Å². The van der Waals surface area contributed by atoms with Gasteiger partial charge < -0.3 is 21.9 Å². The number of nitrogens with two attached hydrogens (primary N) is 2.